The largest absolute Gasteiger partial charge is 0.416 e. The standard InChI is InChI=1S/C25H28BrF3N4O3/c1-15(33-22(34)14-32-23(35)17-3-2-4-18(12-17)25(27,28)29)11-20(30)16-7-9-24(36,10-8-16)19-5-6-21(26)31-13-19/h2-6,12-13,15-16,30,36H,7-11,14H2,1H3,(H,32,35)(H,33,34)/t15-,16?,24?/m1/s1. The fourth-order valence-electron chi connectivity index (χ4n) is 4.36. The maximum Gasteiger partial charge on any atom is 0.416 e. The van der Waals surface area contributed by atoms with Gasteiger partial charge in [-0.15, -0.1) is 0 Å². The van der Waals surface area contributed by atoms with E-state index in [4.69, 9.17) is 5.41 Å². The van der Waals surface area contributed by atoms with Crippen LogP contribution >= 0.6 is 15.9 Å². The molecule has 0 aliphatic heterocycles. The molecule has 7 nitrogen and oxygen atoms in total. The van der Waals surface area contributed by atoms with Gasteiger partial charge in [-0.05, 0) is 78.7 Å². The Kier molecular flexibility index (Phi) is 8.89. The highest BCUT2D eigenvalue weighted by molar-refractivity contribution is 9.10. The smallest absolute Gasteiger partial charge is 0.385 e. The third-order valence-electron chi connectivity index (χ3n) is 6.37. The summed E-state index contributed by atoms with van der Waals surface area (Å²) in [6.45, 7) is 1.35. The normalized spacial score (nSPS) is 20.9. The fourth-order valence-corrected chi connectivity index (χ4v) is 4.59. The number of pyridine rings is 1. The molecule has 194 valence electrons. The number of aromatic nitrogens is 1. The van der Waals surface area contributed by atoms with E-state index in [1.165, 1.54) is 6.07 Å². The van der Waals surface area contributed by atoms with Crippen LogP contribution in [0.15, 0.2) is 47.2 Å². The fraction of sp³-hybridized carbons (Fsp3) is 0.440. The molecular formula is C25H28BrF3N4O3. The van der Waals surface area contributed by atoms with Crippen LogP contribution in [0, 0.1) is 11.3 Å². The zero-order chi connectivity index (χ0) is 26.5. The van der Waals surface area contributed by atoms with Gasteiger partial charge in [-0.2, -0.15) is 13.2 Å². The number of benzene rings is 1. The minimum absolute atomic E-state index is 0.00588. The Labute approximate surface area is 215 Å². The molecule has 0 radical (unpaired) electrons. The van der Waals surface area contributed by atoms with Gasteiger partial charge < -0.3 is 21.1 Å². The van der Waals surface area contributed by atoms with E-state index < -0.39 is 35.7 Å². The molecule has 1 aliphatic rings. The van der Waals surface area contributed by atoms with Crippen LogP contribution < -0.4 is 10.6 Å². The number of nitrogens with zero attached hydrogens (tertiary/aromatic N) is 1. The van der Waals surface area contributed by atoms with Crippen LogP contribution in [-0.4, -0.2) is 40.2 Å². The Hall–Kier alpha value is -2.79. The van der Waals surface area contributed by atoms with Crippen molar-refractivity contribution in [2.24, 2.45) is 5.92 Å². The number of carbonyl (C=O) groups is 2. The zero-order valence-electron chi connectivity index (χ0n) is 19.7. The summed E-state index contributed by atoms with van der Waals surface area (Å²) in [4.78, 5) is 28.6. The first-order chi connectivity index (χ1) is 16.9. The third-order valence-corrected chi connectivity index (χ3v) is 6.83. The van der Waals surface area contributed by atoms with Crippen molar-refractivity contribution < 1.29 is 27.9 Å². The van der Waals surface area contributed by atoms with Crippen molar-refractivity contribution >= 4 is 33.5 Å². The molecule has 1 heterocycles. The van der Waals surface area contributed by atoms with Crippen LogP contribution in [0.5, 0.6) is 0 Å². The molecule has 0 unspecified atom stereocenters. The van der Waals surface area contributed by atoms with Crippen LogP contribution in [0.1, 0.15) is 60.5 Å². The van der Waals surface area contributed by atoms with E-state index in [1.54, 1.807) is 19.2 Å². The van der Waals surface area contributed by atoms with E-state index in [0.717, 1.165) is 23.8 Å². The number of hydrogen-bond donors (Lipinski definition) is 4. The zero-order valence-corrected chi connectivity index (χ0v) is 21.2. The van der Waals surface area contributed by atoms with Crippen molar-refractivity contribution in [2.45, 2.75) is 56.8 Å². The topological polar surface area (TPSA) is 115 Å². The number of carbonyl (C=O) groups excluding carboxylic acids is 2. The molecule has 36 heavy (non-hydrogen) atoms. The molecule has 1 aliphatic carbocycles. The highest BCUT2D eigenvalue weighted by atomic mass is 79.9. The van der Waals surface area contributed by atoms with Gasteiger partial charge in [0, 0.05) is 35.5 Å². The molecule has 2 amide bonds. The molecule has 11 heteroatoms. The molecule has 1 aromatic heterocycles. The lowest BCUT2D eigenvalue weighted by atomic mass is 9.73. The second kappa shape index (κ2) is 11.5. The van der Waals surface area contributed by atoms with Gasteiger partial charge in [-0.1, -0.05) is 12.1 Å². The molecule has 2 aromatic rings. The number of aliphatic hydroxyl groups is 1. The Bertz CT molecular complexity index is 1100. The first kappa shape index (κ1) is 27.8. The minimum atomic E-state index is -4.57. The predicted molar refractivity (Wildman–Crippen MR) is 132 cm³/mol. The number of rotatable bonds is 8. The SMILES string of the molecule is C[C@H](CC(=N)C1CCC(O)(c2ccc(Br)nc2)CC1)NC(=O)CNC(=O)c1cccc(C(F)(F)F)c1. The average molecular weight is 569 g/mol. The predicted octanol–water partition coefficient (Wildman–Crippen LogP) is 4.59. The first-order valence-electron chi connectivity index (χ1n) is 11.5. The summed E-state index contributed by atoms with van der Waals surface area (Å²) in [5.74, 6) is -1.29. The maximum atomic E-state index is 12.8. The summed E-state index contributed by atoms with van der Waals surface area (Å²) in [5.41, 5.74) is -0.873. The monoisotopic (exact) mass is 568 g/mol. The molecule has 0 spiro atoms. The molecular weight excluding hydrogens is 541 g/mol. The van der Waals surface area contributed by atoms with Gasteiger partial charge in [0.15, 0.2) is 0 Å². The molecule has 1 aromatic carbocycles. The maximum absolute atomic E-state index is 12.8. The van der Waals surface area contributed by atoms with Gasteiger partial charge in [0.25, 0.3) is 5.91 Å². The van der Waals surface area contributed by atoms with E-state index >= 15 is 0 Å². The second-order valence-electron chi connectivity index (χ2n) is 9.13. The van der Waals surface area contributed by atoms with Crippen molar-refractivity contribution in [3.05, 3.63) is 63.9 Å². The van der Waals surface area contributed by atoms with Crippen molar-refractivity contribution in [3.8, 4) is 0 Å². The Morgan fingerprint density at radius 3 is 2.56 bits per heavy atom. The lowest BCUT2D eigenvalue weighted by molar-refractivity contribution is -0.137. The van der Waals surface area contributed by atoms with E-state index in [2.05, 4.69) is 31.5 Å². The number of hydrogen-bond acceptors (Lipinski definition) is 5. The number of amides is 2. The molecule has 3 rings (SSSR count). The van der Waals surface area contributed by atoms with Gasteiger partial charge in [0.1, 0.15) is 4.60 Å². The van der Waals surface area contributed by atoms with Gasteiger partial charge in [-0.3, -0.25) is 9.59 Å². The summed E-state index contributed by atoms with van der Waals surface area (Å²) in [6.07, 6.45) is -0.314. The number of halogens is 4. The summed E-state index contributed by atoms with van der Waals surface area (Å²) in [6, 6.07) is 7.23. The Morgan fingerprint density at radius 2 is 1.94 bits per heavy atom. The highest BCUT2D eigenvalue weighted by Crippen LogP contribution is 2.40. The number of alkyl halides is 3. The Morgan fingerprint density at radius 1 is 1.25 bits per heavy atom. The van der Waals surface area contributed by atoms with Gasteiger partial charge in [0.2, 0.25) is 5.91 Å². The molecule has 1 saturated carbocycles. The van der Waals surface area contributed by atoms with E-state index in [1.807, 2.05) is 6.07 Å². The Balaban J connectivity index is 1.43. The molecule has 1 atom stereocenters. The van der Waals surface area contributed by atoms with Crippen molar-refractivity contribution in [2.75, 3.05) is 6.54 Å². The van der Waals surface area contributed by atoms with Crippen molar-refractivity contribution in [1.29, 1.82) is 5.41 Å². The summed E-state index contributed by atoms with van der Waals surface area (Å²) < 4.78 is 39.2. The minimum Gasteiger partial charge on any atom is -0.385 e. The quantitative estimate of drug-likeness (QED) is 0.275. The van der Waals surface area contributed by atoms with Crippen molar-refractivity contribution in [1.82, 2.24) is 15.6 Å². The second-order valence-corrected chi connectivity index (χ2v) is 9.95. The third kappa shape index (κ3) is 7.36. The lowest BCUT2D eigenvalue weighted by Crippen LogP contribution is -2.42. The van der Waals surface area contributed by atoms with E-state index in [-0.39, 0.29) is 17.5 Å². The first-order valence-corrected chi connectivity index (χ1v) is 12.3. The molecule has 0 bridgehead atoms. The van der Waals surface area contributed by atoms with Gasteiger partial charge >= 0.3 is 6.18 Å². The summed E-state index contributed by atoms with van der Waals surface area (Å²) in [5, 5.41) is 24.5. The lowest BCUT2D eigenvalue weighted by Gasteiger charge is -2.36. The molecule has 1 fully saturated rings. The van der Waals surface area contributed by atoms with Crippen LogP contribution in [0.25, 0.3) is 0 Å². The average Bonchev–Trinajstić information content (AvgIpc) is 2.82. The van der Waals surface area contributed by atoms with E-state index in [0.29, 0.717) is 42.4 Å². The van der Waals surface area contributed by atoms with Crippen molar-refractivity contribution in [3.63, 3.8) is 0 Å². The van der Waals surface area contributed by atoms with Crippen LogP contribution in [0.4, 0.5) is 13.2 Å². The summed E-state index contributed by atoms with van der Waals surface area (Å²) >= 11 is 3.28. The van der Waals surface area contributed by atoms with Gasteiger partial charge in [-0.25, -0.2) is 4.98 Å². The molecule has 0 saturated heterocycles. The van der Waals surface area contributed by atoms with E-state index in [9.17, 15) is 27.9 Å². The summed E-state index contributed by atoms with van der Waals surface area (Å²) in [7, 11) is 0. The van der Waals surface area contributed by atoms with Gasteiger partial charge in [0.05, 0.1) is 17.7 Å². The molecule has 4 N–H and O–H groups in total. The van der Waals surface area contributed by atoms with Crippen LogP contribution in [0.3, 0.4) is 0 Å². The van der Waals surface area contributed by atoms with Crippen LogP contribution in [0.2, 0.25) is 0 Å². The van der Waals surface area contributed by atoms with Crippen LogP contribution in [-0.2, 0) is 16.6 Å². The highest BCUT2D eigenvalue weighted by Gasteiger charge is 2.36. The number of nitrogens with one attached hydrogen (secondary N) is 3.